The van der Waals surface area contributed by atoms with Gasteiger partial charge in [-0.15, -0.1) is 0 Å². The van der Waals surface area contributed by atoms with Crippen LogP contribution in [-0.4, -0.2) is 32.4 Å². The molecular weight excluding hydrogens is 433 g/mol. The number of allylic oxidation sites excluding steroid dienone is 1. The number of aromatic nitrogens is 3. The van der Waals surface area contributed by atoms with Crippen molar-refractivity contribution in [1.29, 1.82) is 0 Å². The van der Waals surface area contributed by atoms with E-state index in [1.807, 2.05) is 16.9 Å². The zero-order valence-electron chi connectivity index (χ0n) is 18.2. The van der Waals surface area contributed by atoms with Crippen LogP contribution < -0.4 is 5.32 Å². The summed E-state index contributed by atoms with van der Waals surface area (Å²) in [5.74, 6) is -0.398. The Bertz CT molecular complexity index is 1190. The van der Waals surface area contributed by atoms with Gasteiger partial charge in [-0.05, 0) is 68.4 Å². The summed E-state index contributed by atoms with van der Waals surface area (Å²) >= 11 is 0. The van der Waals surface area contributed by atoms with Crippen LogP contribution in [0.5, 0.6) is 0 Å². The lowest BCUT2D eigenvalue weighted by Gasteiger charge is -2.27. The molecule has 4 rings (SSSR count). The predicted molar refractivity (Wildman–Crippen MR) is 120 cm³/mol. The average molecular weight is 458 g/mol. The Morgan fingerprint density at radius 2 is 1.97 bits per heavy atom. The zero-order chi connectivity index (χ0) is 23.8. The van der Waals surface area contributed by atoms with Crippen molar-refractivity contribution in [1.82, 2.24) is 14.8 Å². The van der Waals surface area contributed by atoms with Crippen molar-refractivity contribution in [2.24, 2.45) is 5.92 Å². The van der Waals surface area contributed by atoms with Crippen molar-refractivity contribution in [3.8, 4) is 0 Å². The summed E-state index contributed by atoms with van der Waals surface area (Å²) in [5, 5.41) is 17.6. The third-order valence-corrected chi connectivity index (χ3v) is 6.09. The first-order chi connectivity index (χ1) is 15.7. The summed E-state index contributed by atoms with van der Waals surface area (Å²) < 4.78 is 40.8. The summed E-state index contributed by atoms with van der Waals surface area (Å²) in [4.78, 5) is 16.2. The standard InChI is InChI=1S/C24H25F3N4O2/c1-14(2)18-11-20-16(12-31(30-20)17-8-6-15(13-32)7-9-17)10-21(18)29-23(33)19-4-3-5-22(28-19)24(25,26)27/h3-5,10-12,15,17,32H,1,6-9,13H2,2H3,(H,29,33)/t15-,17-. The number of benzene rings is 1. The lowest BCUT2D eigenvalue weighted by molar-refractivity contribution is -0.141. The summed E-state index contributed by atoms with van der Waals surface area (Å²) in [6, 6.07) is 7.04. The minimum absolute atomic E-state index is 0.208. The highest BCUT2D eigenvalue weighted by atomic mass is 19.4. The highest BCUT2D eigenvalue weighted by Crippen LogP contribution is 2.34. The van der Waals surface area contributed by atoms with Crippen molar-refractivity contribution in [3.05, 3.63) is 60.1 Å². The summed E-state index contributed by atoms with van der Waals surface area (Å²) in [5.41, 5.74) is 1.06. The van der Waals surface area contributed by atoms with E-state index in [0.29, 0.717) is 22.7 Å². The second-order valence-electron chi connectivity index (χ2n) is 8.56. The van der Waals surface area contributed by atoms with Crippen LogP contribution in [0.3, 0.4) is 0 Å². The van der Waals surface area contributed by atoms with Crippen molar-refractivity contribution < 1.29 is 23.1 Å². The van der Waals surface area contributed by atoms with Crippen molar-refractivity contribution in [2.45, 2.75) is 44.8 Å². The Morgan fingerprint density at radius 1 is 1.24 bits per heavy atom. The summed E-state index contributed by atoms with van der Waals surface area (Å²) in [7, 11) is 0. The fraction of sp³-hybridized carbons (Fsp3) is 0.375. The Kier molecular flexibility index (Phi) is 6.25. The monoisotopic (exact) mass is 458 g/mol. The summed E-state index contributed by atoms with van der Waals surface area (Å²) in [6.07, 6.45) is 1.02. The molecule has 0 radical (unpaired) electrons. The predicted octanol–water partition coefficient (Wildman–Crippen LogP) is 5.46. The number of pyridine rings is 1. The largest absolute Gasteiger partial charge is 0.433 e. The maximum atomic E-state index is 13.0. The number of aliphatic hydroxyl groups is 1. The van der Waals surface area contributed by atoms with Gasteiger partial charge in [-0.1, -0.05) is 12.6 Å². The second kappa shape index (κ2) is 8.97. The Balaban J connectivity index is 1.62. The molecule has 0 aliphatic heterocycles. The van der Waals surface area contributed by atoms with Gasteiger partial charge in [0.05, 0.1) is 11.6 Å². The number of nitrogens with one attached hydrogen (secondary N) is 1. The van der Waals surface area contributed by atoms with Gasteiger partial charge in [0.1, 0.15) is 11.4 Å². The molecule has 3 aromatic rings. The SMILES string of the molecule is C=C(C)c1cc2nn([C@H]3CC[C@H](CO)CC3)cc2cc1NC(=O)c1cccc(C(F)(F)F)n1. The lowest BCUT2D eigenvalue weighted by atomic mass is 9.87. The molecule has 1 saturated carbocycles. The molecule has 1 fully saturated rings. The van der Waals surface area contributed by atoms with Gasteiger partial charge >= 0.3 is 6.18 Å². The number of alkyl halides is 3. The Morgan fingerprint density at radius 3 is 2.61 bits per heavy atom. The van der Waals surface area contributed by atoms with Crippen LogP contribution in [0.2, 0.25) is 0 Å². The molecule has 174 valence electrons. The first kappa shape index (κ1) is 23.0. The van der Waals surface area contributed by atoms with Gasteiger partial charge in [-0.3, -0.25) is 9.48 Å². The van der Waals surface area contributed by atoms with Crippen LogP contribution in [0.25, 0.3) is 16.5 Å². The van der Waals surface area contributed by atoms with Crippen LogP contribution in [0.1, 0.15) is 60.4 Å². The van der Waals surface area contributed by atoms with Gasteiger partial charge in [0.2, 0.25) is 0 Å². The Hall–Kier alpha value is -3.20. The molecule has 0 unspecified atom stereocenters. The zero-order valence-corrected chi connectivity index (χ0v) is 18.2. The molecule has 9 heteroatoms. The number of nitrogens with zero attached hydrogens (tertiary/aromatic N) is 3. The van der Waals surface area contributed by atoms with Crippen LogP contribution in [0, 0.1) is 5.92 Å². The van der Waals surface area contributed by atoms with E-state index in [1.54, 1.807) is 13.0 Å². The van der Waals surface area contributed by atoms with E-state index in [1.165, 1.54) is 6.07 Å². The molecule has 33 heavy (non-hydrogen) atoms. The molecule has 0 atom stereocenters. The Labute approximate surface area is 189 Å². The van der Waals surface area contributed by atoms with Crippen molar-refractivity contribution in [2.75, 3.05) is 11.9 Å². The van der Waals surface area contributed by atoms with E-state index in [2.05, 4.69) is 16.9 Å². The van der Waals surface area contributed by atoms with E-state index >= 15 is 0 Å². The number of amides is 1. The minimum Gasteiger partial charge on any atom is -0.396 e. The number of fused-ring (bicyclic) bond motifs is 1. The van der Waals surface area contributed by atoms with E-state index < -0.39 is 17.8 Å². The molecule has 2 N–H and O–H groups in total. The molecule has 0 spiro atoms. The number of carbonyl (C=O) groups is 1. The number of halogens is 3. The number of rotatable bonds is 5. The fourth-order valence-corrected chi connectivity index (χ4v) is 4.23. The van der Waals surface area contributed by atoms with Crippen LogP contribution >= 0.6 is 0 Å². The van der Waals surface area contributed by atoms with Gasteiger partial charge in [0, 0.05) is 29.4 Å². The van der Waals surface area contributed by atoms with Gasteiger partial charge in [0.25, 0.3) is 5.91 Å². The van der Waals surface area contributed by atoms with Gasteiger partial charge in [-0.2, -0.15) is 18.3 Å². The normalized spacial score (nSPS) is 18.9. The van der Waals surface area contributed by atoms with Crippen LogP contribution in [0.15, 0.2) is 43.1 Å². The third-order valence-electron chi connectivity index (χ3n) is 6.09. The number of hydrogen-bond acceptors (Lipinski definition) is 4. The van der Waals surface area contributed by atoms with E-state index in [4.69, 9.17) is 5.10 Å². The molecule has 2 aromatic heterocycles. The molecule has 1 aliphatic carbocycles. The summed E-state index contributed by atoms with van der Waals surface area (Å²) in [6.45, 7) is 5.95. The molecule has 0 bridgehead atoms. The highest BCUT2D eigenvalue weighted by Gasteiger charge is 2.33. The van der Waals surface area contributed by atoms with Crippen LogP contribution in [-0.2, 0) is 6.18 Å². The number of hydrogen-bond donors (Lipinski definition) is 2. The number of anilines is 1. The maximum absolute atomic E-state index is 13.0. The average Bonchev–Trinajstić information content (AvgIpc) is 3.21. The van der Waals surface area contributed by atoms with Gasteiger partial charge in [0.15, 0.2) is 0 Å². The second-order valence-corrected chi connectivity index (χ2v) is 8.56. The molecule has 1 aliphatic rings. The molecular formula is C24H25F3N4O2. The molecule has 1 amide bonds. The van der Waals surface area contributed by atoms with Crippen molar-refractivity contribution >= 4 is 28.1 Å². The van der Waals surface area contributed by atoms with E-state index in [0.717, 1.165) is 48.7 Å². The number of carbonyl (C=O) groups excluding carboxylic acids is 1. The lowest BCUT2D eigenvalue weighted by Crippen LogP contribution is -2.20. The third kappa shape index (κ3) is 4.93. The first-order valence-electron chi connectivity index (χ1n) is 10.8. The first-order valence-corrected chi connectivity index (χ1v) is 10.8. The van der Waals surface area contributed by atoms with Gasteiger partial charge in [-0.25, -0.2) is 4.98 Å². The molecule has 1 aromatic carbocycles. The molecule has 2 heterocycles. The smallest absolute Gasteiger partial charge is 0.396 e. The highest BCUT2D eigenvalue weighted by molar-refractivity contribution is 6.05. The minimum atomic E-state index is -4.64. The number of aliphatic hydroxyl groups excluding tert-OH is 1. The quantitative estimate of drug-likeness (QED) is 0.532. The fourth-order valence-electron chi connectivity index (χ4n) is 4.23. The van der Waals surface area contributed by atoms with Gasteiger partial charge < -0.3 is 10.4 Å². The molecule has 0 saturated heterocycles. The maximum Gasteiger partial charge on any atom is 0.433 e. The van der Waals surface area contributed by atoms with E-state index in [9.17, 15) is 23.1 Å². The topological polar surface area (TPSA) is 80.0 Å². The van der Waals surface area contributed by atoms with E-state index in [-0.39, 0.29) is 18.3 Å². The molecule has 6 nitrogen and oxygen atoms in total. The van der Waals surface area contributed by atoms with Crippen LogP contribution in [0.4, 0.5) is 18.9 Å². The van der Waals surface area contributed by atoms with Crippen molar-refractivity contribution in [3.63, 3.8) is 0 Å².